The second-order valence-corrected chi connectivity index (χ2v) is 8.75. The lowest BCUT2D eigenvalue weighted by molar-refractivity contribution is 0.103. The summed E-state index contributed by atoms with van der Waals surface area (Å²) in [6.07, 6.45) is -0.434. The summed E-state index contributed by atoms with van der Waals surface area (Å²) in [4.78, 5) is 13.8. The molecule has 130 valence electrons. The number of fused-ring (bicyclic) bond motifs is 3. The Morgan fingerprint density at radius 2 is 1.48 bits per heavy atom. The van der Waals surface area contributed by atoms with Gasteiger partial charge in [0.15, 0.2) is 9.84 Å². The van der Waals surface area contributed by atoms with E-state index >= 15 is 0 Å². The predicted molar refractivity (Wildman–Crippen MR) is 95.3 cm³/mol. The van der Waals surface area contributed by atoms with Crippen LogP contribution in [0.2, 0.25) is 0 Å². The Morgan fingerprint density at radius 3 is 2.04 bits per heavy atom. The Morgan fingerprint density at radius 1 is 0.960 bits per heavy atom. The van der Waals surface area contributed by atoms with E-state index in [2.05, 4.69) is 24.3 Å². The van der Waals surface area contributed by atoms with Gasteiger partial charge in [0.2, 0.25) is 0 Å². The average molecular weight is 357 g/mol. The van der Waals surface area contributed by atoms with Gasteiger partial charge in [0, 0.05) is 19.0 Å². The van der Waals surface area contributed by atoms with E-state index in [4.69, 9.17) is 4.74 Å². The summed E-state index contributed by atoms with van der Waals surface area (Å²) in [5.41, 5.74) is 4.70. The highest BCUT2D eigenvalue weighted by molar-refractivity contribution is 7.91. The molecule has 4 rings (SSSR count). The molecule has 1 amide bonds. The number of carbonyl (C=O) groups excluding carboxylic acids is 1. The number of carbonyl (C=O) groups is 1. The first-order valence-corrected chi connectivity index (χ1v) is 10.2. The molecule has 0 radical (unpaired) electrons. The van der Waals surface area contributed by atoms with E-state index in [1.807, 2.05) is 24.3 Å². The van der Waals surface area contributed by atoms with Gasteiger partial charge in [-0.3, -0.25) is 0 Å². The number of hydrogen-bond acceptors (Lipinski definition) is 4. The molecule has 0 N–H and O–H groups in total. The van der Waals surface area contributed by atoms with Gasteiger partial charge in [-0.2, -0.15) is 0 Å². The summed E-state index contributed by atoms with van der Waals surface area (Å²) in [5.74, 6) is 0.0406. The van der Waals surface area contributed by atoms with Crippen LogP contribution in [-0.4, -0.2) is 50.6 Å². The van der Waals surface area contributed by atoms with Crippen molar-refractivity contribution in [2.45, 2.75) is 5.92 Å². The highest BCUT2D eigenvalue weighted by Gasteiger charge is 2.31. The van der Waals surface area contributed by atoms with Gasteiger partial charge < -0.3 is 9.64 Å². The van der Waals surface area contributed by atoms with Crippen molar-refractivity contribution in [3.05, 3.63) is 59.7 Å². The van der Waals surface area contributed by atoms with Gasteiger partial charge in [0.1, 0.15) is 6.61 Å². The number of rotatable bonds is 2. The van der Waals surface area contributed by atoms with Crippen LogP contribution in [0.3, 0.4) is 0 Å². The number of amides is 1. The van der Waals surface area contributed by atoms with Gasteiger partial charge in [0.05, 0.1) is 11.5 Å². The fourth-order valence-corrected chi connectivity index (χ4v) is 4.78. The summed E-state index contributed by atoms with van der Waals surface area (Å²) in [5, 5.41) is 0. The number of hydrogen-bond donors (Lipinski definition) is 0. The molecule has 1 saturated heterocycles. The SMILES string of the molecule is O=C(OCC1c2ccccc2-c2ccccc21)N1CCS(=O)(=O)CC1. The molecule has 25 heavy (non-hydrogen) atoms. The van der Waals surface area contributed by atoms with Crippen molar-refractivity contribution in [2.24, 2.45) is 0 Å². The second-order valence-electron chi connectivity index (χ2n) is 6.44. The minimum atomic E-state index is -3.01. The Labute approximate surface area is 147 Å². The molecule has 0 saturated carbocycles. The molecule has 0 aromatic heterocycles. The number of ether oxygens (including phenoxy) is 1. The molecule has 5 nitrogen and oxygen atoms in total. The minimum Gasteiger partial charge on any atom is -0.448 e. The Balaban J connectivity index is 1.49. The van der Waals surface area contributed by atoms with E-state index in [0.717, 1.165) is 11.1 Å². The third-order valence-electron chi connectivity index (χ3n) is 4.94. The Hall–Kier alpha value is -2.34. The molecule has 0 spiro atoms. The van der Waals surface area contributed by atoms with Crippen molar-refractivity contribution < 1.29 is 17.9 Å². The molecule has 2 aromatic carbocycles. The maximum absolute atomic E-state index is 12.3. The molecule has 2 aliphatic rings. The maximum atomic E-state index is 12.3. The molecule has 1 aliphatic heterocycles. The van der Waals surface area contributed by atoms with E-state index in [-0.39, 0.29) is 37.1 Å². The quantitative estimate of drug-likeness (QED) is 0.829. The zero-order valence-corrected chi connectivity index (χ0v) is 14.5. The monoisotopic (exact) mass is 357 g/mol. The highest BCUT2D eigenvalue weighted by atomic mass is 32.2. The van der Waals surface area contributed by atoms with Crippen LogP contribution in [0.1, 0.15) is 17.0 Å². The van der Waals surface area contributed by atoms with Crippen LogP contribution in [0.5, 0.6) is 0 Å². The largest absolute Gasteiger partial charge is 0.448 e. The third kappa shape index (κ3) is 3.02. The lowest BCUT2D eigenvalue weighted by Crippen LogP contribution is -2.44. The van der Waals surface area contributed by atoms with Crippen molar-refractivity contribution in [3.8, 4) is 11.1 Å². The first-order valence-electron chi connectivity index (χ1n) is 8.35. The topological polar surface area (TPSA) is 63.7 Å². The lowest BCUT2D eigenvalue weighted by atomic mass is 9.98. The van der Waals surface area contributed by atoms with E-state index in [0.29, 0.717) is 0 Å². The third-order valence-corrected chi connectivity index (χ3v) is 6.55. The summed E-state index contributed by atoms with van der Waals surface area (Å²) >= 11 is 0. The first kappa shape index (κ1) is 16.1. The van der Waals surface area contributed by atoms with E-state index in [1.165, 1.54) is 16.0 Å². The molecule has 0 bridgehead atoms. The van der Waals surface area contributed by atoms with Crippen molar-refractivity contribution in [1.82, 2.24) is 4.90 Å². The second kappa shape index (κ2) is 6.19. The van der Waals surface area contributed by atoms with Crippen molar-refractivity contribution >= 4 is 15.9 Å². The average Bonchev–Trinajstić information content (AvgIpc) is 2.94. The molecular weight excluding hydrogens is 338 g/mol. The zero-order chi connectivity index (χ0) is 17.4. The van der Waals surface area contributed by atoms with Crippen LogP contribution >= 0.6 is 0 Å². The Kier molecular flexibility index (Phi) is 4.00. The van der Waals surface area contributed by atoms with Crippen LogP contribution in [-0.2, 0) is 14.6 Å². The van der Waals surface area contributed by atoms with E-state index in [1.54, 1.807) is 0 Å². The van der Waals surface area contributed by atoms with Gasteiger partial charge in [-0.15, -0.1) is 0 Å². The van der Waals surface area contributed by atoms with Crippen LogP contribution in [0.15, 0.2) is 48.5 Å². The highest BCUT2D eigenvalue weighted by Crippen LogP contribution is 2.44. The van der Waals surface area contributed by atoms with Gasteiger partial charge in [-0.1, -0.05) is 48.5 Å². The predicted octanol–water partition coefficient (Wildman–Crippen LogP) is 2.67. The first-order chi connectivity index (χ1) is 12.1. The number of sulfone groups is 1. The minimum absolute atomic E-state index is 0.0111. The number of nitrogens with zero attached hydrogens (tertiary/aromatic N) is 1. The smallest absolute Gasteiger partial charge is 0.409 e. The molecule has 6 heteroatoms. The Bertz CT molecular complexity index is 863. The van der Waals surface area contributed by atoms with E-state index in [9.17, 15) is 13.2 Å². The number of benzene rings is 2. The molecular formula is C19H19NO4S. The van der Waals surface area contributed by atoms with Crippen molar-refractivity contribution in [2.75, 3.05) is 31.2 Å². The van der Waals surface area contributed by atoms with Gasteiger partial charge in [-0.25, -0.2) is 13.2 Å². The molecule has 1 heterocycles. The molecule has 2 aromatic rings. The van der Waals surface area contributed by atoms with E-state index < -0.39 is 15.9 Å². The standard InChI is InChI=1S/C19H19NO4S/c21-19(20-9-11-25(22,23)12-10-20)24-13-18-16-7-3-1-5-14(16)15-6-2-4-8-17(15)18/h1-8,18H,9-13H2. The molecule has 0 unspecified atom stereocenters. The van der Waals surface area contributed by atoms with Crippen molar-refractivity contribution in [3.63, 3.8) is 0 Å². The maximum Gasteiger partial charge on any atom is 0.409 e. The van der Waals surface area contributed by atoms with Gasteiger partial charge in [-0.05, 0) is 22.3 Å². The zero-order valence-electron chi connectivity index (χ0n) is 13.7. The summed E-state index contributed by atoms with van der Waals surface area (Å²) < 4.78 is 28.5. The van der Waals surface area contributed by atoms with Crippen LogP contribution in [0, 0.1) is 0 Å². The van der Waals surface area contributed by atoms with Gasteiger partial charge >= 0.3 is 6.09 Å². The fraction of sp³-hybridized carbons (Fsp3) is 0.316. The van der Waals surface area contributed by atoms with Gasteiger partial charge in [0.25, 0.3) is 0 Å². The fourth-order valence-electron chi connectivity index (χ4n) is 3.58. The molecule has 1 aliphatic carbocycles. The normalized spacial score (nSPS) is 18.5. The van der Waals surface area contributed by atoms with Crippen LogP contribution < -0.4 is 0 Å². The van der Waals surface area contributed by atoms with Crippen LogP contribution in [0.4, 0.5) is 4.79 Å². The summed E-state index contributed by atoms with van der Waals surface area (Å²) in [7, 11) is -3.01. The van der Waals surface area contributed by atoms with Crippen LogP contribution in [0.25, 0.3) is 11.1 Å². The molecule has 0 atom stereocenters. The summed E-state index contributed by atoms with van der Waals surface area (Å²) in [6.45, 7) is 0.675. The summed E-state index contributed by atoms with van der Waals surface area (Å²) in [6, 6.07) is 16.3. The molecule has 1 fully saturated rings. The van der Waals surface area contributed by atoms with Crippen molar-refractivity contribution in [1.29, 1.82) is 0 Å². The lowest BCUT2D eigenvalue weighted by Gasteiger charge is -2.26.